The third-order valence-electron chi connectivity index (χ3n) is 3.04. The van der Waals surface area contributed by atoms with Crippen molar-refractivity contribution in [1.29, 1.82) is 0 Å². The van der Waals surface area contributed by atoms with Crippen LogP contribution < -0.4 is 10.1 Å². The number of halogens is 8. The lowest BCUT2D eigenvalue weighted by Crippen LogP contribution is -2.18. The van der Waals surface area contributed by atoms with Gasteiger partial charge in [-0.25, -0.2) is 8.78 Å². The Morgan fingerprint density at radius 1 is 0.962 bits per heavy atom. The molecule has 0 aromatic heterocycles. The van der Waals surface area contributed by atoms with Gasteiger partial charge in [0.1, 0.15) is 5.82 Å². The highest BCUT2D eigenvalue weighted by Gasteiger charge is 2.35. The highest BCUT2D eigenvalue weighted by molar-refractivity contribution is 5.87. The lowest BCUT2D eigenvalue weighted by atomic mass is 10.1. The molecular formula is C15H7F8NO2. The first-order valence-corrected chi connectivity index (χ1v) is 6.59. The summed E-state index contributed by atoms with van der Waals surface area (Å²) in [6.45, 7) is 0. The molecule has 0 radical (unpaired) electrons. The topological polar surface area (TPSA) is 38.3 Å². The number of alkyl halides is 6. The van der Waals surface area contributed by atoms with Crippen LogP contribution in [0.15, 0.2) is 30.3 Å². The van der Waals surface area contributed by atoms with Crippen LogP contribution in [0.1, 0.15) is 15.9 Å². The monoisotopic (exact) mass is 385 g/mol. The van der Waals surface area contributed by atoms with Crippen molar-refractivity contribution in [2.24, 2.45) is 0 Å². The first-order valence-electron chi connectivity index (χ1n) is 6.59. The Bertz CT molecular complexity index is 830. The van der Waals surface area contributed by atoms with Crippen LogP contribution >= 0.6 is 0 Å². The van der Waals surface area contributed by atoms with E-state index in [9.17, 15) is 39.9 Å². The van der Waals surface area contributed by atoms with E-state index in [0.29, 0.717) is 18.2 Å². The maximum absolute atomic E-state index is 14.0. The molecule has 0 atom stereocenters. The summed E-state index contributed by atoms with van der Waals surface area (Å²) < 4.78 is 105. The van der Waals surface area contributed by atoms with E-state index in [-0.39, 0.29) is 12.0 Å². The molecule has 0 saturated heterocycles. The van der Waals surface area contributed by atoms with Crippen molar-refractivity contribution in [2.45, 2.75) is 12.5 Å². The second-order valence-corrected chi connectivity index (χ2v) is 4.82. The molecule has 0 bridgehead atoms. The van der Waals surface area contributed by atoms with Crippen LogP contribution in [0.4, 0.5) is 46.5 Å². The van der Waals surface area contributed by atoms with Gasteiger partial charge in [-0.3, -0.25) is 4.79 Å². The Hall–Kier alpha value is -2.85. The Balaban J connectivity index is 2.42. The minimum Gasteiger partial charge on any atom is -0.403 e. The lowest BCUT2D eigenvalue weighted by Gasteiger charge is -2.15. The predicted molar refractivity (Wildman–Crippen MR) is 73.2 cm³/mol. The fourth-order valence-corrected chi connectivity index (χ4v) is 1.98. The maximum Gasteiger partial charge on any atom is 0.573 e. The fraction of sp³-hybridized carbons (Fsp3) is 0.133. The van der Waals surface area contributed by atoms with Gasteiger partial charge in [-0.2, -0.15) is 13.2 Å². The highest BCUT2D eigenvalue weighted by atomic mass is 19.4. The molecule has 0 fully saturated rings. The summed E-state index contributed by atoms with van der Waals surface area (Å²) >= 11 is 0. The van der Waals surface area contributed by atoms with Crippen molar-refractivity contribution in [3.8, 4) is 5.75 Å². The zero-order valence-electron chi connectivity index (χ0n) is 12.3. The van der Waals surface area contributed by atoms with Gasteiger partial charge >= 0.3 is 12.5 Å². The Labute approximate surface area is 140 Å². The normalized spacial score (nSPS) is 12.0. The summed E-state index contributed by atoms with van der Waals surface area (Å²) in [5.41, 5.74) is -3.34. The molecule has 0 unspecified atom stereocenters. The Kier molecular flexibility index (Phi) is 5.10. The molecular weight excluding hydrogens is 378 g/mol. The number of carbonyl (C=O) groups is 1. The van der Waals surface area contributed by atoms with Crippen molar-refractivity contribution in [2.75, 3.05) is 5.32 Å². The first-order chi connectivity index (χ1) is 11.9. The molecule has 140 valence electrons. The molecule has 0 saturated carbocycles. The molecule has 26 heavy (non-hydrogen) atoms. The fourth-order valence-electron chi connectivity index (χ4n) is 1.98. The van der Waals surface area contributed by atoms with Gasteiger partial charge in [0.25, 0.3) is 0 Å². The minimum atomic E-state index is -5.21. The van der Waals surface area contributed by atoms with E-state index in [1.165, 1.54) is 0 Å². The highest BCUT2D eigenvalue weighted by Crippen LogP contribution is 2.35. The zero-order valence-corrected chi connectivity index (χ0v) is 12.3. The van der Waals surface area contributed by atoms with Gasteiger partial charge in [0, 0.05) is 5.69 Å². The number of nitrogens with one attached hydrogen (secondary N) is 1. The second-order valence-electron chi connectivity index (χ2n) is 4.82. The van der Waals surface area contributed by atoms with Gasteiger partial charge in [0.15, 0.2) is 17.9 Å². The van der Waals surface area contributed by atoms with Crippen LogP contribution in [-0.2, 0) is 6.18 Å². The standard InChI is InChI=1S/C15H7F8NO2/c16-10-2-1-7(5-9(10)14(18,19)20)24-11-3-4-12(26-15(21,22)23)13(17)8(11)6-25/h1-6,24H. The molecule has 0 spiro atoms. The average molecular weight is 385 g/mol. The van der Waals surface area contributed by atoms with Crippen LogP contribution in [0.25, 0.3) is 0 Å². The van der Waals surface area contributed by atoms with Crippen molar-refractivity contribution in [3.63, 3.8) is 0 Å². The number of carbonyl (C=O) groups excluding carboxylic acids is 1. The summed E-state index contributed by atoms with van der Waals surface area (Å²) in [6.07, 6.45) is -10.4. The van der Waals surface area contributed by atoms with E-state index in [1.807, 2.05) is 0 Å². The molecule has 0 aliphatic rings. The van der Waals surface area contributed by atoms with Crippen molar-refractivity contribution < 1.29 is 44.7 Å². The quantitative estimate of drug-likeness (QED) is 0.563. The minimum absolute atomic E-state index is 0.144. The smallest absolute Gasteiger partial charge is 0.403 e. The summed E-state index contributed by atoms with van der Waals surface area (Å²) in [6, 6.07) is 3.05. The molecule has 0 heterocycles. The SMILES string of the molecule is O=Cc1c(Nc2ccc(F)c(C(F)(F)F)c2)ccc(OC(F)(F)F)c1F. The van der Waals surface area contributed by atoms with E-state index in [1.54, 1.807) is 0 Å². The number of hydrogen-bond acceptors (Lipinski definition) is 3. The number of aldehydes is 1. The number of rotatable bonds is 4. The molecule has 2 aromatic rings. The molecule has 1 N–H and O–H groups in total. The van der Waals surface area contributed by atoms with Crippen molar-refractivity contribution in [1.82, 2.24) is 0 Å². The van der Waals surface area contributed by atoms with E-state index in [0.717, 1.165) is 12.1 Å². The van der Waals surface area contributed by atoms with E-state index < -0.39 is 46.7 Å². The van der Waals surface area contributed by atoms with Crippen LogP contribution in [0.2, 0.25) is 0 Å². The van der Waals surface area contributed by atoms with Crippen LogP contribution in [0.3, 0.4) is 0 Å². The van der Waals surface area contributed by atoms with E-state index in [4.69, 9.17) is 0 Å². The van der Waals surface area contributed by atoms with E-state index in [2.05, 4.69) is 10.1 Å². The number of ether oxygens (including phenoxy) is 1. The van der Waals surface area contributed by atoms with Gasteiger partial charge in [-0.15, -0.1) is 13.2 Å². The number of hydrogen-bond donors (Lipinski definition) is 1. The van der Waals surface area contributed by atoms with Gasteiger partial charge in [-0.1, -0.05) is 0 Å². The molecule has 0 aliphatic carbocycles. The zero-order chi connectivity index (χ0) is 19.7. The molecule has 0 amide bonds. The van der Waals surface area contributed by atoms with Gasteiger partial charge in [-0.05, 0) is 30.3 Å². The lowest BCUT2D eigenvalue weighted by molar-refractivity contribution is -0.275. The second kappa shape index (κ2) is 6.81. The number of benzene rings is 2. The molecule has 11 heteroatoms. The van der Waals surface area contributed by atoms with Crippen LogP contribution in [0.5, 0.6) is 5.75 Å². The van der Waals surface area contributed by atoms with Crippen molar-refractivity contribution in [3.05, 3.63) is 53.1 Å². The van der Waals surface area contributed by atoms with Crippen LogP contribution in [0, 0.1) is 11.6 Å². The largest absolute Gasteiger partial charge is 0.573 e. The van der Waals surface area contributed by atoms with Crippen molar-refractivity contribution >= 4 is 17.7 Å². The van der Waals surface area contributed by atoms with Gasteiger partial charge in [0.2, 0.25) is 0 Å². The summed E-state index contributed by atoms with van der Waals surface area (Å²) in [4.78, 5) is 11.0. The summed E-state index contributed by atoms with van der Waals surface area (Å²) in [5, 5.41) is 2.22. The Morgan fingerprint density at radius 2 is 1.62 bits per heavy atom. The molecule has 2 rings (SSSR count). The van der Waals surface area contributed by atoms with Gasteiger partial charge < -0.3 is 10.1 Å². The molecule has 0 aliphatic heterocycles. The van der Waals surface area contributed by atoms with Crippen LogP contribution in [-0.4, -0.2) is 12.6 Å². The Morgan fingerprint density at radius 3 is 2.15 bits per heavy atom. The summed E-state index contributed by atoms with van der Waals surface area (Å²) in [7, 11) is 0. The third-order valence-corrected chi connectivity index (χ3v) is 3.04. The van der Waals surface area contributed by atoms with Gasteiger partial charge in [0.05, 0.1) is 16.8 Å². The first kappa shape index (κ1) is 19.5. The average Bonchev–Trinajstić information content (AvgIpc) is 2.50. The maximum atomic E-state index is 14.0. The summed E-state index contributed by atoms with van der Waals surface area (Å²) in [5.74, 6) is -4.51. The molecule has 2 aromatic carbocycles. The number of anilines is 2. The third kappa shape index (κ3) is 4.41. The predicted octanol–water partition coefficient (Wildman–Crippen LogP) is 5.44. The molecule has 3 nitrogen and oxygen atoms in total. The van der Waals surface area contributed by atoms with E-state index >= 15 is 0 Å².